The minimum Gasteiger partial charge on any atom is -0.481 e. The van der Waals surface area contributed by atoms with Gasteiger partial charge in [0.05, 0.1) is 4.92 Å². The molecule has 1 aromatic carbocycles. The molecule has 1 saturated heterocycles. The van der Waals surface area contributed by atoms with Gasteiger partial charge in [-0.05, 0) is 13.0 Å². The predicted molar refractivity (Wildman–Crippen MR) is 69.3 cm³/mol. The molecule has 2 atom stereocenters. The second-order valence-corrected chi connectivity index (χ2v) is 5.19. The van der Waals surface area contributed by atoms with Crippen molar-refractivity contribution in [1.29, 1.82) is 0 Å². The number of nitro benzene ring substituents is 1. The average molecular weight is 318 g/mol. The van der Waals surface area contributed by atoms with Crippen LogP contribution in [0.15, 0.2) is 24.3 Å². The van der Waals surface area contributed by atoms with Gasteiger partial charge in [-0.25, -0.2) is 0 Å². The Hall–Kier alpha value is -2.16. The SMILES string of the molecule is O=C(O)C1(C(F)(F)F)CNCC1Cc1ccccc1[N+](=O)[O-]. The molecule has 0 bridgehead atoms. The minimum absolute atomic E-state index is 0.0936. The lowest BCUT2D eigenvalue weighted by atomic mass is 9.74. The minimum atomic E-state index is -4.95. The van der Waals surface area contributed by atoms with Gasteiger partial charge < -0.3 is 10.4 Å². The zero-order valence-electron chi connectivity index (χ0n) is 11.3. The largest absolute Gasteiger partial charge is 0.481 e. The van der Waals surface area contributed by atoms with Gasteiger partial charge in [0, 0.05) is 24.1 Å². The van der Waals surface area contributed by atoms with Crippen LogP contribution in [0.25, 0.3) is 0 Å². The molecule has 0 aliphatic carbocycles. The number of benzene rings is 1. The number of halogens is 3. The summed E-state index contributed by atoms with van der Waals surface area (Å²) < 4.78 is 40.0. The molecular weight excluding hydrogens is 305 g/mol. The van der Waals surface area contributed by atoms with Crippen molar-refractivity contribution in [1.82, 2.24) is 5.32 Å². The molecule has 0 amide bonds. The molecule has 6 nitrogen and oxygen atoms in total. The highest BCUT2D eigenvalue weighted by molar-refractivity contribution is 5.77. The molecule has 9 heteroatoms. The Morgan fingerprint density at radius 2 is 2.09 bits per heavy atom. The molecule has 0 spiro atoms. The Kier molecular flexibility index (Phi) is 4.10. The molecule has 2 rings (SSSR count). The van der Waals surface area contributed by atoms with E-state index in [0.29, 0.717) is 0 Å². The molecule has 0 aromatic heterocycles. The van der Waals surface area contributed by atoms with Crippen molar-refractivity contribution in [3.8, 4) is 0 Å². The Bertz CT molecular complexity index is 605. The van der Waals surface area contributed by atoms with Crippen LogP contribution in [-0.4, -0.2) is 35.3 Å². The number of aliphatic carboxylic acids is 1. The number of hydrogen-bond donors (Lipinski definition) is 2. The van der Waals surface area contributed by atoms with Crippen molar-refractivity contribution in [3.63, 3.8) is 0 Å². The van der Waals surface area contributed by atoms with E-state index >= 15 is 0 Å². The molecule has 2 N–H and O–H groups in total. The Labute approximate surface area is 123 Å². The Balaban J connectivity index is 2.40. The fourth-order valence-electron chi connectivity index (χ4n) is 2.84. The van der Waals surface area contributed by atoms with E-state index in [-0.39, 0.29) is 24.2 Å². The lowest BCUT2D eigenvalue weighted by Gasteiger charge is -2.32. The maximum Gasteiger partial charge on any atom is 0.406 e. The molecule has 1 heterocycles. The lowest BCUT2D eigenvalue weighted by molar-refractivity contribution is -0.385. The first-order valence-electron chi connectivity index (χ1n) is 6.43. The number of hydrogen-bond acceptors (Lipinski definition) is 4. The molecule has 120 valence electrons. The van der Waals surface area contributed by atoms with Crippen LogP contribution >= 0.6 is 0 Å². The summed E-state index contributed by atoms with van der Waals surface area (Å²) in [6, 6.07) is 5.41. The third kappa shape index (κ3) is 2.52. The van der Waals surface area contributed by atoms with E-state index in [1.807, 2.05) is 0 Å². The highest BCUT2D eigenvalue weighted by atomic mass is 19.4. The number of carbonyl (C=O) groups is 1. The third-order valence-electron chi connectivity index (χ3n) is 4.03. The van der Waals surface area contributed by atoms with Crippen LogP contribution in [0.2, 0.25) is 0 Å². The number of nitro groups is 1. The third-order valence-corrected chi connectivity index (χ3v) is 4.03. The molecule has 2 unspecified atom stereocenters. The van der Waals surface area contributed by atoms with Gasteiger partial charge in [-0.3, -0.25) is 14.9 Å². The van der Waals surface area contributed by atoms with Gasteiger partial charge in [0.1, 0.15) is 0 Å². The summed E-state index contributed by atoms with van der Waals surface area (Å²) >= 11 is 0. The summed E-state index contributed by atoms with van der Waals surface area (Å²) in [4.78, 5) is 21.5. The molecule has 1 aliphatic heterocycles. The summed E-state index contributed by atoms with van der Waals surface area (Å²) in [6.45, 7) is -0.908. The van der Waals surface area contributed by atoms with Crippen molar-refractivity contribution >= 4 is 11.7 Å². The number of nitrogens with one attached hydrogen (secondary N) is 1. The Morgan fingerprint density at radius 1 is 1.45 bits per heavy atom. The topological polar surface area (TPSA) is 92.5 Å². The maximum absolute atomic E-state index is 13.3. The van der Waals surface area contributed by atoms with Crippen LogP contribution in [0.1, 0.15) is 5.56 Å². The molecule has 1 aliphatic rings. The first-order chi connectivity index (χ1) is 10.2. The highest BCUT2D eigenvalue weighted by Gasteiger charge is 2.66. The fraction of sp³-hybridized carbons (Fsp3) is 0.462. The lowest BCUT2D eigenvalue weighted by Crippen LogP contribution is -2.51. The van der Waals surface area contributed by atoms with Gasteiger partial charge in [0.2, 0.25) is 0 Å². The molecule has 1 aromatic rings. The second-order valence-electron chi connectivity index (χ2n) is 5.19. The second kappa shape index (κ2) is 5.56. The molecule has 1 fully saturated rings. The number of carboxylic acids is 1. The summed E-state index contributed by atoms with van der Waals surface area (Å²) in [6.07, 6.45) is -5.29. The van der Waals surface area contributed by atoms with E-state index in [2.05, 4.69) is 5.32 Å². The zero-order valence-corrected chi connectivity index (χ0v) is 11.3. The standard InChI is InChI=1S/C13H13F3N2O4/c14-13(15,16)12(11(19)20)7-17-6-9(12)5-8-3-1-2-4-10(8)18(21)22/h1-4,9,17H,5-7H2,(H,19,20). The zero-order chi connectivity index (χ0) is 16.5. The van der Waals surface area contributed by atoms with Crippen LogP contribution in [0, 0.1) is 21.4 Å². The fourth-order valence-corrected chi connectivity index (χ4v) is 2.84. The molecule has 22 heavy (non-hydrogen) atoms. The normalized spacial score (nSPS) is 25.1. The number of nitrogens with zero attached hydrogens (tertiary/aromatic N) is 1. The quantitative estimate of drug-likeness (QED) is 0.654. The summed E-state index contributed by atoms with van der Waals surface area (Å²) in [5.74, 6) is -3.28. The summed E-state index contributed by atoms with van der Waals surface area (Å²) in [7, 11) is 0. The van der Waals surface area contributed by atoms with Crippen LogP contribution in [0.3, 0.4) is 0 Å². The van der Waals surface area contributed by atoms with Gasteiger partial charge in [-0.15, -0.1) is 0 Å². The van der Waals surface area contributed by atoms with Crippen LogP contribution in [0.4, 0.5) is 18.9 Å². The van der Waals surface area contributed by atoms with E-state index < -0.39 is 34.9 Å². The molecule has 0 saturated carbocycles. The van der Waals surface area contributed by atoms with E-state index in [1.54, 1.807) is 0 Å². The van der Waals surface area contributed by atoms with Crippen molar-refractivity contribution in [2.75, 3.05) is 13.1 Å². The smallest absolute Gasteiger partial charge is 0.406 e. The van der Waals surface area contributed by atoms with Gasteiger partial charge in [-0.2, -0.15) is 13.2 Å². The van der Waals surface area contributed by atoms with Crippen LogP contribution in [0.5, 0.6) is 0 Å². The van der Waals surface area contributed by atoms with Crippen molar-refractivity contribution in [2.24, 2.45) is 11.3 Å². The number of carboxylic acid groups (broad SMARTS) is 1. The van der Waals surface area contributed by atoms with E-state index in [1.165, 1.54) is 24.3 Å². The summed E-state index contributed by atoms with van der Waals surface area (Å²) in [5, 5.41) is 22.5. The van der Waals surface area contributed by atoms with E-state index in [0.717, 1.165) is 0 Å². The average Bonchev–Trinajstić information content (AvgIpc) is 2.83. The monoisotopic (exact) mass is 318 g/mol. The maximum atomic E-state index is 13.3. The Morgan fingerprint density at radius 3 is 2.64 bits per heavy atom. The first-order valence-corrected chi connectivity index (χ1v) is 6.43. The number of para-hydroxylation sites is 1. The summed E-state index contributed by atoms with van der Waals surface area (Å²) in [5.41, 5.74) is -3.15. The van der Waals surface area contributed by atoms with Crippen molar-refractivity contribution in [3.05, 3.63) is 39.9 Å². The van der Waals surface area contributed by atoms with E-state index in [9.17, 15) is 28.1 Å². The van der Waals surface area contributed by atoms with E-state index in [4.69, 9.17) is 5.11 Å². The first kappa shape index (κ1) is 16.2. The predicted octanol–water partition coefficient (Wildman–Crippen LogP) is 1.99. The van der Waals surface area contributed by atoms with Gasteiger partial charge in [0.25, 0.3) is 5.69 Å². The highest BCUT2D eigenvalue weighted by Crippen LogP contribution is 2.48. The van der Waals surface area contributed by atoms with Crippen LogP contribution < -0.4 is 5.32 Å². The van der Waals surface area contributed by atoms with Gasteiger partial charge in [0.15, 0.2) is 5.41 Å². The van der Waals surface area contributed by atoms with Crippen molar-refractivity contribution in [2.45, 2.75) is 12.6 Å². The van der Waals surface area contributed by atoms with Crippen molar-refractivity contribution < 1.29 is 28.0 Å². The number of rotatable bonds is 4. The molecular formula is C13H13F3N2O4. The number of alkyl halides is 3. The van der Waals surface area contributed by atoms with Gasteiger partial charge >= 0.3 is 12.1 Å². The van der Waals surface area contributed by atoms with Crippen LogP contribution in [-0.2, 0) is 11.2 Å². The van der Waals surface area contributed by atoms with Gasteiger partial charge in [-0.1, -0.05) is 18.2 Å². The molecule has 0 radical (unpaired) electrons.